The van der Waals surface area contributed by atoms with Crippen LogP contribution < -0.4 is 11.1 Å². The molecule has 0 saturated heterocycles. The van der Waals surface area contributed by atoms with Crippen LogP contribution in [0.1, 0.15) is 31.7 Å². The molecule has 1 aliphatic carbocycles. The van der Waals surface area contributed by atoms with Crippen molar-refractivity contribution in [2.24, 2.45) is 11.8 Å². The first-order valence-electron chi connectivity index (χ1n) is 6.11. The summed E-state index contributed by atoms with van der Waals surface area (Å²) in [7, 11) is 0. The quantitative estimate of drug-likeness (QED) is 0.823. The second-order valence-corrected chi connectivity index (χ2v) is 4.94. The molecule has 2 atom stereocenters. The van der Waals surface area contributed by atoms with Gasteiger partial charge >= 0.3 is 0 Å². The van der Waals surface area contributed by atoms with Crippen molar-refractivity contribution in [3.8, 4) is 0 Å². The minimum atomic E-state index is 0.0929. The second kappa shape index (κ2) is 4.73. The van der Waals surface area contributed by atoms with Crippen molar-refractivity contribution >= 4 is 17.4 Å². The number of rotatable bonds is 2. The van der Waals surface area contributed by atoms with Gasteiger partial charge in [0.05, 0.1) is 11.9 Å². The molecule has 1 fully saturated rings. The molecule has 1 heterocycles. The van der Waals surface area contributed by atoms with E-state index >= 15 is 0 Å². The Morgan fingerprint density at radius 2 is 2.29 bits per heavy atom. The predicted molar refractivity (Wildman–Crippen MR) is 68.5 cm³/mol. The molecule has 0 aliphatic heterocycles. The van der Waals surface area contributed by atoms with Crippen LogP contribution in [0.25, 0.3) is 0 Å². The van der Waals surface area contributed by atoms with Gasteiger partial charge in [-0.3, -0.25) is 4.79 Å². The zero-order valence-electron chi connectivity index (χ0n) is 10.4. The van der Waals surface area contributed by atoms with E-state index in [0.717, 1.165) is 24.8 Å². The fourth-order valence-corrected chi connectivity index (χ4v) is 2.47. The standard InChI is InChI=1S/C13H19N3O/c1-8-4-3-5-11(8)13(17)16-12-9(2)6-10(14)7-15-12/h6-8,11H,3-5,14H2,1-2H3,(H,15,16,17). The fraction of sp³-hybridized carbons (Fsp3) is 0.538. The summed E-state index contributed by atoms with van der Waals surface area (Å²) >= 11 is 0. The lowest BCUT2D eigenvalue weighted by Crippen LogP contribution is -2.25. The average molecular weight is 233 g/mol. The fourth-order valence-electron chi connectivity index (χ4n) is 2.47. The summed E-state index contributed by atoms with van der Waals surface area (Å²) < 4.78 is 0. The number of nitrogens with two attached hydrogens (primary N) is 1. The van der Waals surface area contributed by atoms with Crippen LogP contribution in [0.4, 0.5) is 11.5 Å². The smallest absolute Gasteiger partial charge is 0.228 e. The monoisotopic (exact) mass is 233 g/mol. The number of carbonyl (C=O) groups is 1. The Bertz CT molecular complexity index is 431. The van der Waals surface area contributed by atoms with Gasteiger partial charge in [-0.25, -0.2) is 4.98 Å². The van der Waals surface area contributed by atoms with Crippen LogP contribution in [-0.4, -0.2) is 10.9 Å². The third-order valence-corrected chi connectivity index (χ3v) is 3.54. The number of hydrogen-bond donors (Lipinski definition) is 2. The molecule has 0 aromatic carbocycles. The lowest BCUT2D eigenvalue weighted by molar-refractivity contribution is -0.120. The van der Waals surface area contributed by atoms with E-state index in [1.807, 2.05) is 13.0 Å². The third-order valence-electron chi connectivity index (χ3n) is 3.54. The number of aryl methyl sites for hydroxylation is 1. The van der Waals surface area contributed by atoms with Gasteiger partial charge in [0.15, 0.2) is 0 Å². The van der Waals surface area contributed by atoms with Crippen molar-refractivity contribution in [1.82, 2.24) is 4.98 Å². The Morgan fingerprint density at radius 1 is 1.53 bits per heavy atom. The van der Waals surface area contributed by atoms with E-state index in [4.69, 9.17) is 5.73 Å². The first kappa shape index (κ1) is 11.9. The normalized spacial score (nSPS) is 23.6. The predicted octanol–water partition coefficient (Wildman–Crippen LogP) is 2.35. The summed E-state index contributed by atoms with van der Waals surface area (Å²) in [6, 6.07) is 1.82. The highest BCUT2D eigenvalue weighted by molar-refractivity contribution is 5.92. The van der Waals surface area contributed by atoms with Crippen LogP contribution in [0.15, 0.2) is 12.3 Å². The second-order valence-electron chi connectivity index (χ2n) is 4.94. The number of nitrogens with zero attached hydrogens (tertiary/aromatic N) is 1. The van der Waals surface area contributed by atoms with Crippen LogP contribution in [0.3, 0.4) is 0 Å². The number of nitrogen functional groups attached to an aromatic ring is 1. The molecule has 0 spiro atoms. The summed E-state index contributed by atoms with van der Waals surface area (Å²) in [5.74, 6) is 1.33. The number of amides is 1. The van der Waals surface area contributed by atoms with Gasteiger partial charge in [-0.2, -0.15) is 0 Å². The van der Waals surface area contributed by atoms with Crippen molar-refractivity contribution in [2.45, 2.75) is 33.1 Å². The van der Waals surface area contributed by atoms with Gasteiger partial charge in [0, 0.05) is 5.92 Å². The summed E-state index contributed by atoms with van der Waals surface area (Å²) in [4.78, 5) is 16.2. The van der Waals surface area contributed by atoms with Crippen LogP contribution >= 0.6 is 0 Å². The molecule has 1 aromatic heterocycles. The van der Waals surface area contributed by atoms with Gasteiger partial charge in [0.2, 0.25) is 5.91 Å². The van der Waals surface area contributed by atoms with E-state index in [2.05, 4.69) is 17.2 Å². The summed E-state index contributed by atoms with van der Waals surface area (Å²) in [5, 5.41) is 2.90. The summed E-state index contributed by atoms with van der Waals surface area (Å²) in [6.45, 7) is 4.04. The first-order chi connectivity index (χ1) is 8.08. The molecule has 4 heteroatoms. The molecule has 92 valence electrons. The number of nitrogens with one attached hydrogen (secondary N) is 1. The molecular weight excluding hydrogens is 214 g/mol. The zero-order chi connectivity index (χ0) is 12.4. The van der Waals surface area contributed by atoms with Gasteiger partial charge in [-0.15, -0.1) is 0 Å². The Balaban J connectivity index is 2.07. The maximum Gasteiger partial charge on any atom is 0.228 e. The van der Waals surface area contributed by atoms with Crippen molar-refractivity contribution in [3.05, 3.63) is 17.8 Å². The first-order valence-corrected chi connectivity index (χ1v) is 6.11. The van der Waals surface area contributed by atoms with Crippen LogP contribution in [0, 0.1) is 18.8 Å². The molecule has 3 N–H and O–H groups in total. The molecular formula is C13H19N3O. The van der Waals surface area contributed by atoms with E-state index in [1.165, 1.54) is 0 Å². The SMILES string of the molecule is Cc1cc(N)cnc1NC(=O)C1CCCC1C. The number of anilines is 2. The largest absolute Gasteiger partial charge is 0.397 e. The van der Waals surface area contributed by atoms with Crippen molar-refractivity contribution in [2.75, 3.05) is 11.1 Å². The molecule has 1 aromatic rings. The molecule has 0 radical (unpaired) electrons. The highest BCUT2D eigenvalue weighted by atomic mass is 16.2. The lowest BCUT2D eigenvalue weighted by atomic mass is 9.97. The van der Waals surface area contributed by atoms with Crippen molar-refractivity contribution < 1.29 is 4.79 Å². The van der Waals surface area contributed by atoms with Gasteiger partial charge < -0.3 is 11.1 Å². The third kappa shape index (κ3) is 2.57. The Morgan fingerprint density at radius 3 is 2.88 bits per heavy atom. The number of aromatic nitrogens is 1. The molecule has 17 heavy (non-hydrogen) atoms. The molecule has 2 unspecified atom stereocenters. The summed E-state index contributed by atoms with van der Waals surface area (Å²) in [5.41, 5.74) is 7.15. The average Bonchev–Trinajstić information content (AvgIpc) is 2.68. The Labute approximate surface area is 102 Å². The zero-order valence-corrected chi connectivity index (χ0v) is 10.4. The van der Waals surface area contributed by atoms with Crippen molar-refractivity contribution in [3.63, 3.8) is 0 Å². The highest BCUT2D eigenvalue weighted by Crippen LogP contribution is 2.32. The minimum absolute atomic E-state index is 0.0929. The van der Waals surface area contributed by atoms with Gasteiger partial charge in [0.25, 0.3) is 0 Å². The highest BCUT2D eigenvalue weighted by Gasteiger charge is 2.29. The van der Waals surface area contributed by atoms with Gasteiger partial charge in [-0.1, -0.05) is 13.3 Å². The maximum absolute atomic E-state index is 12.1. The van der Waals surface area contributed by atoms with Gasteiger partial charge in [0.1, 0.15) is 5.82 Å². The van der Waals surface area contributed by atoms with E-state index in [0.29, 0.717) is 17.4 Å². The topological polar surface area (TPSA) is 68.0 Å². The minimum Gasteiger partial charge on any atom is -0.397 e. The molecule has 1 aliphatic rings. The van der Waals surface area contributed by atoms with Crippen LogP contribution in [-0.2, 0) is 4.79 Å². The van der Waals surface area contributed by atoms with E-state index < -0.39 is 0 Å². The molecule has 0 bridgehead atoms. The van der Waals surface area contributed by atoms with E-state index in [-0.39, 0.29) is 11.8 Å². The Kier molecular flexibility index (Phi) is 3.31. The van der Waals surface area contributed by atoms with Crippen LogP contribution in [0.2, 0.25) is 0 Å². The lowest BCUT2D eigenvalue weighted by Gasteiger charge is -2.15. The summed E-state index contributed by atoms with van der Waals surface area (Å²) in [6.07, 6.45) is 4.85. The van der Waals surface area contributed by atoms with Gasteiger partial charge in [-0.05, 0) is 37.3 Å². The van der Waals surface area contributed by atoms with E-state index in [9.17, 15) is 4.79 Å². The van der Waals surface area contributed by atoms with Crippen LogP contribution in [0.5, 0.6) is 0 Å². The van der Waals surface area contributed by atoms with E-state index in [1.54, 1.807) is 6.20 Å². The molecule has 1 saturated carbocycles. The Hall–Kier alpha value is -1.58. The molecule has 4 nitrogen and oxygen atoms in total. The number of carbonyl (C=O) groups excluding carboxylic acids is 1. The maximum atomic E-state index is 12.1. The molecule has 2 rings (SSSR count). The number of hydrogen-bond acceptors (Lipinski definition) is 3. The molecule has 1 amide bonds. The number of pyridine rings is 1. The van der Waals surface area contributed by atoms with Crippen molar-refractivity contribution in [1.29, 1.82) is 0 Å².